The van der Waals surface area contributed by atoms with Gasteiger partial charge in [0, 0.05) is 19.1 Å². The van der Waals surface area contributed by atoms with Crippen molar-refractivity contribution >= 4 is 11.9 Å². The molecule has 1 aromatic rings. The third-order valence-electron chi connectivity index (χ3n) is 3.53. The third kappa shape index (κ3) is 11.3. The molecule has 0 saturated heterocycles. The molecule has 0 aliphatic carbocycles. The second-order valence-corrected chi connectivity index (χ2v) is 7.75. The van der Waals surface area contributed by atoms with Crippen molar-refractivity contribution in [3.05, 3.63) is 35.4 Å². The minimum absolute atomic E-state index is 0.116. The van der Waals surface area contributed by atoms with Gasteiger partial charge in [0.2, 0.25) is 5.91 Å². The summed E-state index contributed by atoms with van der Waals surface area (Å²) in [6, 6.07) is 7.06. The molecule has 0 radical (unpaired) electrons. The van der Waals surface area contributed by atoms with Crippen molar-refractivity contribution in [1.29, 1.82) is 0 Å². The standard InChI is InChI=1S/C20H31F3N4O2/c1-6-24-18(27(5)12-17(28)26-19(2,3)4)25-11-15-8-7-9-16(10-15)13-29-14-20(21,22)23/h7-10H,6,11-14H2,1-5H3,(H,24,25)(H,26,28). The fraction of sp³-hybridized carbons (Fsp3) is 0.600. The molecule has 0 atom stereocenters. The summed E-state index contributed by atoms with van der Waals surface area (Å²) < 4.78 is 41.3. The van der Waals surface area contributed by atoms with Gasteiger partial charge in [-0.2, -0.15) is 13.2 Å². The molecule has 0 aliphatic rings. The van der Waals surface area contributed by atoms with Crippen LogP contribution in [0.15, 0.2) is 29.3 Å². The van der Waals surface area contributed by atoms with Crippen molar-refractivity contribution in [2.24, 2.45) is 4.99 Å². The lowest BCUT2D eigenvalue weighted by Crippen LogP contribution is -2.48. The van der Waals surface area contributed by atoms with E-state index < -0.39 is 12.8 Å². The number of nitrogens with zero attached hydrogens (tertiary/aromatic N) is 2. The first-order valence-corrected chi connectivity index (χ1v) is 9.42. The highest BCUT2D eigenvalue weighted by Gasteiger charge is 2.27. The lowest BCUT2D eigenvalue weighted by Gasteiger charge is -2.25. The minimum atomic E-state index is -4.34. The Morgan fingerprint density at radius 2 is 1.86 bits per heavy atom. The lowest BCUT2D eigenvalue weighted by atomic mass is 10.1. The number of amides is 1. The molecule has 0 aromatic heterocycles. The van der Waals surface area contributed by atoms with Crippen LogP contribution in [-0.2, 0) is 22.7 Å². The number of alkyl halides is 3. The minimum Gasteiger partial charge on any atom is -0.367 e. The molecule has 0 saturated carbocycles. The van der Waals surface area contributed by atoms with E-state index in [0.717, 1.165) is 5.56 Å². The molecule has 2 N–H and O–H groups in total. The molecular weight excluding hydrogens is 385 g/mol. The van der Waals surface area contributed by atoms with E-state index in [1.165, 1.54) is 0 Å². The first-order chi connectivity index (χ1) is 13.4. The number of carbonyl (C=O) groups excluding carboxylic acids is 1. The van der Waals surface area contributed by atoms with Crippen LogP contribution < -0.4 is 10.6 Å². The Labute approximate surface area is 170 Å². The van der Waals surface area contributed by atoms with Gasteiger partial charge in [0.1, 0.15) is 6.61 Å². The topological polar surface area (TPSA) is 66.0 Å². The van der Waals surface area contributed by atoms with E-state index in [-0.39, 0.29) is 24.6 Å². The third-order valence-corrected chi connectivity index (χ3v) is 3.53. The maximum absolute atomic E-state index is 12.2. The molecule has 0 heterocycles. The number of benzene rings is 1. The Morgan fingerprint density at radius 1 is 1.21 bits per heavy atom. The molecule has 9 heteroatoms. The predicted molar refractivity (Wildman–Crippen MR) is 107 cm³/mol. The van der Waals surface area contributed by atoms with Gasteiger partial charge in [-0.1, -0.05) is 24.3 Å². The average molecular weight is 416 g/mol. The van der Waals surface area contributed by atoms with Gasteiger partial charge in [-0.3, -0.25) is 4.79 Å². The summed E-state index contributed by atoms with van der Waals surface area (Å²) in [5, 5.41) is 6.03. The number of hydrogen-bond donors (Lipinski definition) is 2. The Morgan fingerprint density at radius 3 is 2.45 bits per heavy atom. The first-order valence-electron chi connectivity index (χ1n) is 9.42. The van der Waals surface area contributed by atoms with Gasteiger partial charge < -0.3 is 20.3 Å². The SMILES string of the molecule is CCNC(=NCc1cccc(COCC(F)(F)F)c1)N(C)CC(=O)NC(C)(C)C. The molecule has 164 valence electrons. The number of ether oxygens (including phenoxy) is 1. The first kappa shape index (κ1) is 24.7. The van der Waals surface area contributed by atoms with Gasteiger partial charge >= 0.3 is 6.18 Å². The molecule has 29 heavy (non-hydrogen) atoms. The summed E-state index contributed by atoms with van der Waals surface area (Å²) in [6.07, 6.45) is -4.34. The maximum atomic E-state index is 12.2. The Balaban J connectivity index is 2.72. The van der Waals surface area contributed by atoms with Gasteiger partial charge in [-0.05, 0) is 38.8 Å². The number of carbonyl (C=O) groups is 1. The average Bonchev–Trinajstić information content (AvgIpc) is 2.56. The van der Waals surface area contributed by atoms with E-state index in [9.17, 15) is 18.0 Å². The largest absolute Gasteiger partial charge is 0.411 e. The number of likely N-dealkylation sites (N-methyl/N-ethyl adjacent to an activating group) is 1. The molecule has 1 rings (SSSR count). The van der Waals surface area contributed by atoms with Gasteiger partial charge in [0.05, 0.1) is 19.7 Å². The lowest BCUT2D eigenvalue weighted by molar-refractivity contribution is -0.176. The van der Waals surface area contributed by atoms with Crippen LogP contribution in [0.5, 0.6) is 0 Å². The predicted octanol–water partition coefficient (Wildman–Crippen LogP) is 3.08. The van der Waals surface area contributed by atoms with E-state index in [4.69, 9.17) is 4.74 Å². The summed E-state index contributed by atoms with van der Waals surface area (Å²) in [5.41, 5.74) is 1.16. The van der Waals surface area contributed by atoms with Crippen LogP contribution in [0.1, 0.15) is 38.8 Å². The van der Waals surface area contributed by atoms with Crippen LogP contribution >= 0.6 is 0 Å². The Hall–Kier alpha value is -2.29. The monoisotopic (exact) mass is 416 g/mol. The summed E-state index contributed by atoms with van der Waals surface area (Å²) in [6.45, 7) is 7.37. The zero-order chi connectivity index (χ0) is 22.1. The second-order valence-electron chi connectivity index (χ2n) is 7.75. The highest BCUT2D eigenvalue weighted by molar-refractivity contribution is 5.86. The highest BCUT2D eigenvalue weighted by atomic mass is 19.4. The van der Waals surface area contributed by atoms with Crippen LogP contribution in [0.25, 0.3) is 0 Å². The Kier molecular flexibility index (Phi) is 9.42. The summed E-state index contributed by atoms with van der Waals surface area (Å²) >= 11 is 0. The highest BCUT2D eigenvalue weighted by Crippen LogP contribution is 2.16. The number of rotatable bonds is 8. The van der Waals surface area contributed by atoms with Crippen LogP contribution in [0, 0.1) is 0 Å². The molecule has 0 unspecified atom stereocenters. The van der Waals surface area contributed by atoms with Crippen molar-refractivity contribution in [3.63, 3.8) is 0 Å². The smallest absolute Gasteiger partial charge is 0.367 e. The van der Waals surface area contributed by atoms with E-state index in [1.54, 1.807) is 30.1 Å². The number of aliphatic imine (C=N–C) groups is 1. The van der Waals surface area contributed by atoms with Gasteiger partial charge in [0.15, 0.2) is 5.96 Å². The number of halogens is 3. The second kappa shape index (κ2) is 11.0. The zero-order valence-electron chi connectivity index (χ0n) is 17.7. The van der Waals surface area contributed by atoms with Gasteiger partial charge in [-0.25, -0.2) is 4.99 Å². The molecule has 6 nitrogen and oxygen atoms in total. The summed E-state index contributed by atoms with van der Waals surface area (Å²) in [5.74, 6) is 0.449. The van der Waals surface area contributed by atoms with Crippen LogP contribution in [0.2, 0.25) is 0 Å². The molecule has 0 fully saturated rings. The number of nitrogens with one attached hydrogen (secondary N) is 2. The quantitative estimate of drug-likeness (QED) is 0.505. The molecule has 0 spiro atoms. The van der Waals surface area contributed by atoms with Crippen molar-refractivity contribution in [3.8, 4) is 0 Å². The summed E-state index contributed by atoms with van der Waals surface area (Å²) in [4.78, 5) is 18.4. The van der Waals surface area contributed by atoms with Gasteiger partial charge in [-0.15, -0.1) is 0 Å². The van der Waals surface area contributed by atoms with Crippen molar-refractivity contribution < 1.29 is 22.7 Å². The van der Waals surface area contributed by atoms with E-state index in [1.807, 2.05) is 33.8 Å². The number of hydrogen-bond acceptors (Lipinski definition) is 3. The molecule has 1 aromatic carbocycles. The van der Waals surface area contributed by atoms with Crippen LogP contribution in [-0.4, -0.2) is 55.2 Å². The zero-order valence-corrected chi connectivity index (χ0v) is 17.7. The van der Waals surface area contributed by atoms with Crippen molar-refractivity contribution in [2.75, 3.05) is 26.7 Å². The van der Waals surface area contributed by atoms with E-state index in [0.29, 0.717) is 24.6 Å². The Bertz CT molecular complexity index is 685. The molecule has 0 bridgehead atoms. The van der Waals surface area contributed by atoms with Crippen molar-refractivity contribution in [2.45, 2.75) is 52.6 Å². The summed E-state index contributed by atoms with van der Waals surface area (Å²) in [7, 11) is 1.77. The molecular formula is C20H31F3N4O2. The van der Waals surface area contributed by atoms with E-state index >= 15 is 0 Å². The number of guanidine groups is 1. The van der Waals surface area contributed by atoms with Crippen molar-refractivity contribution in [1.82, 2.24) is 15.5 Å². The fourth-order valence-electron chi connectivity index (χ4n) is 2.49. The van der Waals surface area contributed by atoms with Crippen LogP contribution in [0.4, 0.5) is 13.2 Å². The molecule has 0 aliphatic heterocycles. The maximum Gasteiger partial charge on any atom is 0.411 e. The normalized spacial score (nSPS) is 12.6. The van der Waals surface area contributed by atoms with Crippen LogP contribution in [0.3, 0.4) is 0 Å². The fourth-order valence-corrected chi connectivity index (χ4v) is 2.49. The van der Waals surface area contributed by atoms with E-state index in [2.05, 4.69) is 15.6 Å². The van der Waals surface area contributed by atoms with Gasteiger partial charge in [0.25, 0.3) is 0 Å². The molecule has 1 amide bonds.